The molecule has 0 aromatic heterocycles. The molecule has 16 heavy (non-hydrogen) atoms. The van der Waals surface area contributed by atoms with Gasteiger partial charge in [0.25, 0.3) is 0 Å². The molecule has 0 radical (unpaired) electrons. The maximum absolute atomic E-state index is 11.4. The number of carbonyl (C=O) groups excluding carboxylic acids is 1. The van der Waals surface area contributed by atoms with Gasteiger partial charge < -0.3 is 4.74 Å². The number of aryl methyl sites for hydroxylation is 2. The Labute approximate surface area is 95.7 Å². The van der Waals surface area contributed by atoms with E-state index in [2.05, 4.69) is 0 Å². The molecule has 3 nitrogen and oxygen atoms in total. The van der Waals surface area contributed by atoms with Crippen molar-refractivity contribution in [3.8, 4) is 11.8 Å². The van der Waals surface area contributed by atoms with Crippen molar-refractivity contribution in [3.63, 3.8) is 0 Å². The smallest absolute Gasteiger partial charge is 0.312 e. The molecule has 0 aliphatic heterocycles. The minimum absolute atomic E-state index is 0.142. The molecule has 0 saturated carbocycles. The molecule has 0 spiro atoms. The topological polar surface area (TPSA) is 50.1 Å². The van der Waals surface area contributed by atoms with Gasteiger partial charge in [0.1, 0.15) is 5.75 Å². The van der Waals surface area contributed by atoms with Gasteiger partial charge in [-0.15, -0.1) is 0 Å². The molecule has 1 rings (SSSR count). The van der Waals surface area contributed by atoms with Gasteiger partial charge in [0.05, 0.1) is 12.5 Å². The van der Waals surface area contributed by atoms with Crippen LogP contribution in [0, 0.1) is 32.1 Å². The number of hydrogen-bond donors (Lipinski definition) is 0. The lowest BCUT2D eigenvalue weighted by atomic mass is 10.1. The molecule has 0 N–H and O–H groups in total. The number of benzene rings is 1. The summed E-state index contributed by atoms with van der Waals surface area (Å²) >= 11 is 0. The predicted molar refractivity (Wildman–Crippen MR) is 61.1 cm³/mol. The highest BCUT2D eigenvalue weighted by Gasteiger charge is 2.10. The van der Waals surface area contributed by atoms with Crippen molar-refractivity contribution in [2.45, 2.75) is 33.6 Å². The fourth-order valence-corrected chi connectivity index (χ4v) is 1.41. The lowest BCUT2D eigenvalue weighted by Crippen LogP contribution is -2.09. The van der Waals surface area contributed by atoms with Crippen LogP contribution in [-0.2, 0) is 4.79 Å². The second kappa shape index (κ2) is 5.32. The van der Waals surface area contributed by atoms with Crippen LogP contribution >= 0.6 is 0 Å². The normalized spacial score (nSPS) is 9.62. The van der Waals surface area contributed by atoms with E-state index in [-0.39, 0.29) is 18.8 Å². The third-order valence-corrected chi connectivity index (χ3v) is 2.53. The third kappa shape index (κ3) is 2.83. The van der Waals surface area contributed by atoms with Crippen molar-refractivity contribution in [1.29, 1.82) is 5.26 Å². The van der Waals surface area contributed by atoms with Gasteiger partial charge in [-0.1, -0.05) is 12.1 Å². The minimum Gasteiger partial charge on any atom is -0.426 e. The standard InChI is InChI=1S/C13H15NO2/c1-9-6-7-10(2)13(11(9)3)16-12(15)5-4-8-14/h6-7H,4-5H2,1-3H3. The Bertz CT molecular complexity index is 444. The molecule has 3 heteroatoms. The first kappa shape index (κ1) is 12.3. The molecule has 0 atom stereocenters. The molecular weight excluding hydrogens is 202 g/mol. The van der Waals surface area contributed by atoms with Crippen molar-refractivity contribution in [2.75, 3.05) is 0 Å². The fourth-order valence-electron chi connectivity index (χ4n) is 1.41. The lowest BCUT2D eigenvalue weighted by Gasteiger charge is -2.11. The van der Waals surface area contributed by atoms with E-state index in [1.165, 1.54) is 0 Å². The first-order valence-electron chi connectivity index (χ1n) is 5.20. The van der Waals surface area contributed by atoms with Crippen molar-refractivity contribution < 1.29 is 9.53 Å². The summed E-state index contributed by atoms with van der Waals surface area (Å²) in [6.07, 6.45) is 0.339. The van der Waals surface area contributed by atoms with Crippen LogP contribution in [0.1, 0.15) is 29.5 Å². The average Bonchev–Trinajstić information content (AvgIpc) is 2.27. The zero-order valence-electron chi connectivity index (χ0n) is 9.83. The summed E-state index contributed by atoms with van der Waals surface area (Å²) in [7, 11) is 0. The Morgan fingerprint density at radius 2 is 1.94 bits per heavy atom. The summed E-state index contributed by atoms with van der Waals surface area (Å²) in [5, 5.41) is 8.38. The van der Waals surface area contributed by atoms with Crippen LogP contribution in [0.25, 0.3) is 0 Å². The van der Waals surface area contributed by atoms with Gasteiger partial charge >= 0.3 is 5.97 Å². The van der Waals surface area contributed by atoms with Crippen LogP contribution in [0.3, 0.4) is 0 Å². The van der Waals surface area contributed by atoms with E-state index in [1.54, 1.807) is 0 Å². The number of ether oxygens (including phenoxy) is 1. The molecule has 0 saturated heterocycles. The summed E-state index contributed by atoms with van der Waals surface area (Å²) in [6, 6.07) is 5.85. The van der Waals surface area contributed by atoms with E-state index in [0.717, 1.165) is 16.7 Å². The highest BCUT2D eigenvalue weighted by Crippen LogP contribution is 2.26. The van der Waals surface area contributed by atoms with E-state index >= 15 is 0 Å². The molecule has 84 valence electrons. The van der Waals surface area contributed by atoms with Gasteiger partial charge in [-0.05, 0) is 37.5 Å². The molecule has 0 unspecified atom stereocenters. The van der Waals surface area contributed by atoms with Gasteiger partial charge in [-0.3, -0.25) is 4.79 Å². The van der Waals surface area contributed by atoms with Crippen LogP contribution in [0.5, 0.6) is 5.75 Å². The fraction of sp³-hybridized carbons (Fsp3) is 0.385. The van der Waals surface area contributed by atoms with Crippen LogP contribution in [0.4, 0.5) is 0 Å². The van der Waals surface area contributed by atoms with Gasteiger partial charge in [-0.2, -0.15) is 5.26 Å². The van der Waals surface area contributed by atoms with Crippen molar-refractivity contribution >= 4 is 5.97 Å². The average molecular weight is 217 g/mol. The van der Waals surface area contributed by atoms with E-state index < -0.39 is 0 Å². The largest absolute Gasteiger partial charge is 0.426 e. The number of nitriles is 1. The second-order valence-corrected chi connectivity index (χ2v) is 3.79. The van der Waals surface area contributed by atoms with Crippen LogP contribution in [0.2, 0.25) is 0 Å². The molecule has 0 heterocycles. The number of rotatable bonds is 3. The Hall–Kier alpha value is -1.82. The highest BCUT2D eigenvalue weighted by molar-refractivity contribution is 5.73. The number of nitrogens with zero attached hydrogens (tertiary/aromatic N) is 1. The third-order valence-electron chi connectivity index (χ3n) is 2.53. The lowest BCUT2D eigenvalue weighted by molar-refractivity contribution is -0.134. The Balaban J connectivity index is 2.85. The molecular formula is C13H15NO2. The zero-order chi connectivity index (χ0) is 12.1. The van der Waals surface area contributed by atoms with Gasteiger partial charge in [0, 0.05) is 6.42 Å². The summed E-state index contributed by atoms with van der Waals surface area (Å²) in [5.41, 5.74) is 3.01. The quantitative estimate of drug-likeness (QED) is 0.577. The first-order valence-corrected chi connectivity index (χ1v) is 5.20. The van der Waals surface area contributed by atoms with E-state index in [1.807, 2.05) is 39.0 Å². The Kier molecular flexibility index (Phi) is 4.07. The number of carbonyl (C=O) groups is 1. The van der Waals surface area contributed by atoms with Gasteiger partial charge in [0.2, 0.25) is 0 Å². The number of esters is 1. The first-order chi connectivity index (χ1) is 7.56. The van der Waals surface area contributed by atoms with E-state index in [9.17, 15) is 4.79 Å². The van der Waals surface area contributed by atoms with E-state index in [4.69, 9.17) is 10.00 Å². The van der Waals surface area contributed by atoms with Gasteiger partial charge in [-0.25, -0.2) is 0 Å². The number of hydrogen-bond acceptors (Lipinski definition) is 3. The molecule has 0 aliphatic rings. The van der Waals surface area contributed by atoms with E-state index in [0.29, 0.717) is 5.75 Å². The predicted octanol–water partition coefficient (Wildman–Crippen LogP) is 2.82. The maximum atomic E-state index is 11.4. The minimum atomic E-state index is -0.349. The second-order valence-electron chi connectivity index (χ2n) is 3.79. The molecule has 1 aromatic rings. The van der Waals surface area contributed by atoms with Crippen LogP contribution < -0.4 is 4.74 Å². The van der Waals surface area contributed by atoms with Crippen LogP contribution in [0.15, 0.2) is 12.1 Å². The molecule has 0 bridgehead atoms. The SMILES string of the molecule is Cc1ccc(C)c(OC(=O)CCC#N)c1C. The van der Waals surface area contributed by atoms with Gasteiger partial charge in [0.15, 0.2) is 0 Å². The summed E-state index contributed by atoms with van der Waals surface area (Å²) in [5.74, 6) is 0.279. The van der Waals surface area contributed by atoms with Crippen molar-refractivity contribution in [1.82, 2.24) is 0 Å². The monoisotopic (exact) mass is 217 g/mol. The Morgan fingerprint density at radius 3 is 2.56 bits per heavy atom. The molecule has 1 aromatic carbocycles. The highest BCUT2D eigenvalue weighted by atomic mass is 16.5. The molecule has 0 amide bonds. The Morgan fingerprint density at radius 1 is 1.31 bits per heavy atom. The zero-order valence-corrected chi connectivity index (χ0v) is 9.83. The summed E-state index contributed by atoms with van der Waals surface area (Å²) in [4.78, 5) is 11.4. The maximum Gasteiger partial charge on any atom is 0.312 e. The summed E-state index contributed by atoms with van der Waals surface area (Å²) < 4.78 is 5.27. The molecule has 0 aliphatic carbocycles. The molecule has 0 fully saturated rings. The summed E-state index contributed by atoms with van der Waals surface area (Å²) in [6.45, 7) is 5.80. The van der Waals surface area contributed by atoms with Crippen molar-refractivity contribution in [2.24, 2.45) is 0 Å². The van der Waals surface area contributed by atoms with Crippen molar-refractivity contribution in [3.05, 3.63) is 28.8 Å². The van der Waals surface area contributed by atoms with Crippen LogP contribution in [-0.4, -0.2) is 5.97 Å².